The van der Waals surface area contributed by atoms with Crippen molar-refractivity contribution in [3.63, 3.8) is 0 Å². The molecule has 2 saturated heterocycles. The Balaban J connectivity index is 1.61. The van der Waals surface area contributed by atoms with Gasteiger partial charge in [0.05, 0.1) is 36.7 Å². The molecule has 3 heterocycles. The number of hydrogen-bond acceptors (Lipinski definition) is 6. The molecule has 23 heavy (non-hydrogen) atoms. The monoisotopic (exact) mass is 358 g/mol. The van der Waals surface area contributed by atoms with Gasteiger partial charge in [0, 0.05) is 24.5 Å². The summed E-state index contributed by atoms with van der Waals surface area (Å²) in [5, 5.41) is 5.00. The van der Waals surface area contributed by atoms with Crippen LogP contribution < -0.4 is 5.32 Å². The molecule has 2 fully saturated rings. The Hall–Kier alpha value is -0.960. The molecule has 0 spiro atoms. The zero-order valence-corrected chi connectivity index (χ0v) is 14.6. The summed E-state index contributed by atoms with van der Waals surface area (Å²) in [6.07, 6.45) is 0.440. The molecule has 2 aliphatic heterocycles. The van der Waals surface area contributed by atoms with Crippen LogP contribution in [0.1, 0.15) is 17.3 Å². The topological polar surface area (TPSA) is 75.7 Å². The Morgan fingerprint density at radius 3 is 2.83 bits per heavy atom. The molecule has 8 heteroatoms. The smallest absolute Gasteiger partial charge is 0.224 e. The van der Waals surface area contributed by atoms with Gasteiger partial charge in [-0.05, 0) is 17.9 Å². The number of nitrogens with one attached hydrogen (secondary N) is 1. The van der Waals surface area contributed by atoms with E-state index in [0.29, 0.717) is 26.2 Å². The van der Waals surface area contributed by atoms with E-state index in [4.69, 9.17) is 4.74 Å². The molecule has 1 amide bonds. The number of morpholine rings is 1. The highest BCUT2D eigenvalue weighted by atomic mass is 32.2. The van der Waals surface area contributed by atoms with E-state index in [2.05, 4.69) is 16.3 Å². The van der Waals surface area contributed by atoms with Crippen molar-refractivity contribution < 1.29 is 17.9 Å². The number of amides is 1. The molecule has 2 atom stereocenters. The zero-order valence-electron chi connectivity index (χ0n) is 12.9. The van der Waals surface area contributed by atoms with Gasteiger partial charge in [-0.15, -0.1) is 11.3 Å². The first-order valence-electron chi connectivity index (χ1n) is 7.88. The van der Waals surface area contributed by atoms with Crippen molar-refractivity contribution in [1.29, 1.82) is 0 Å². The molecule has 0 saturated carbocycles. The highest BCUT2D eigenvalue weighted by molar-refractivity contribution is 7.91. The second kappa shape index (κ2) is 7.29. The molecule has 0 bridgehead atoms. The molecule has 3 rings (SSSR count). The highest BCUT2D eigenvalue weighted by Gasteiger charge is 2.33. The van der Waals surface area contributed by atoms with Crippen LogP contribution in [0.5, 0.6) is 0 Å². The summed E-state index contributed by atoms with van der Waals surface area (Å²) in [4.78, 5) is 15.8. The van der Waals surface area contributed by atoms with E-state index in [0.717, 1.165) is 13.1 Å². The number of sulfone groups is 1. The van der Waals surface area contributed by atoms with Crippen LogP contribution in [0, 0.1) is 5.92 Å². The van der Waals surface area contributed by atoms with Crippen molar-refractivity contribution in [2.24, 2.45) is 5.92 Å². The number of nitrogens with zero attached hydrogens (tertiary/aromatic N) is 1. The van der Waals surface area contributed by atoms with Gasteiger partial charge in [-0.1, -0.05) is 6.07 Å². The van der Waals surface area contributed by atoms with Gasteiger partial charge in [-0.25, -0.2) is 8.42 Å². The normalized spacial score (nSPS) is 26.0. The Morgan fingerprint density at radius 2 is 2.22 bits per heavy atom. The largest absolute Gasteiger partial charge is 0.379 e. The average molecular weight is 358 g/mol. The van der Waals surface area contributed by atoms with Gasteiger partial charge in [-0.3, -0.25) is 9.69 Å². The van der Waals surface area contributed by atoms with Gasteiger partial charge in [0.2, 0.25) is 5.91 Å². The Morgan fingerprint density at radius 1 is 1.43 bits per heavy atom. The van der Waals surface area contributed by atoms with Crippen LogP contribution in [-0.2, 0) is 19.4 Å². The van der Waals surface area contributed by atoms with Crippen LogP contribution in [0.4, 0.5) is 0 Å². The number of carbonyl (C=O) groups is 1. The van der Waals surface area contributed by atoms with Crippen LogP contribution in [0.25, 0.3) is 0 Å². The first-order chi connectivity index (χ1) is 11.1. The van der Waals surface area contributed by atoms with Crippen LogP contribution in [0.15, 0.2) is 17.5 Å². The first kappa shape index (κ1) is 16.9. The summed E-state index contributed by atoms with van der Waals surface area (Å²) in [5.41, 5.74) is 0. The highest BCUT2D eigenvalue weighted by Crippen LogP contribution is 2.26. The van der Waals surface area contributed by atoms with E-state index in [9.17, 15) is 13.2 Å². The molecule has 0 unspecified atom stereocenters. The first-order valence-corrected chi connectivity index (χ1v) is 10.6. The van der Waals surface area contributed by atoms with E-state index in [1.165, 1.54) is 4.88 Å². The van der Waals surface area contributed by atoms with E-state index in [1.807, 2.05) is 11.4 Å². The van der Waals surface area contributed by atoms with Gasteiger partial charge in [0.15, 0.2) is 9.84 Å². The van der Waals surface area contributed by atoms with E-state index < -0.39 is 15.8 Å². The van der Waals surface area contributed by atoms with Crippen LogP contribution >= 0.6 is 11.3 Å². The summed E-state index contributed by atoms with van der Waals surface area (Å²) < 4.78 is 28.4. The van der Waals surface area contributed by atoms with Crippen molar-refractivity contribution in [3.8, 4) is 0 Å². The summed E-state index contributed by atoms with van der Waals surface area (Å²) in [7, 11) is -3.03. The molecular weight excluding hydrogens is 336 g/mol. The maximum absolute atomic E-state index is 12.3. The molecule has 0 radical (unpaired) electrons. The standard InChI is InChI=1S/C15H22N2O4S2/c18-15(12-3-9-23(19,20)11-12)16-10-13(14-2-1-8-22-14)17-4-6-21-7-5-17/h1-2,8,12-13H,3-7,9-11H2,(H,16,18)/t12-,13-/m1/s1. The number of carbonyl (C=O) groups excluding carboxylic acids is 1. The molecule has 128 valence electrons. The fourth-order valence-electron chi connectivity index (χ4n) is 3.12. The quantitative estimate of drug-likeness (QED) is 0.837. The minimum atomic E-state index is -3.03. The summed E-state index contributed by atoms with van der Waals surface area (Å²) in [5.74, 6) is -0.419. The molecule has 2 aliphatic rings. The Bertz CT molecular complexity index is 624. The van der Waals surface area contributed by atoms with Crippen molar-refractivity contribution >= 4 is 27.1 Å². The van der Waals surface area contributed by atoms with E-state index >= 15 is 0 Å². The fourth-order valence-corrected chi connectivity index (χ4v) is 5.73. The molecule has 0 aromatic carbocycles. The van der Waals surface area contributed by atoms with Gasteiger partial charge in [0.1, 0.15) is 0 Å². The maximum atomic E-state index is 12.3. The molecule has 1 aromatic heterocycles. The van der Waals surface area contributed by atoms with Crippen LogP contribution in [-0.4, -0.2) is 63.6 Å². The number of rotatable bonds is 5. The predicted molar refractivity (Wildman–Crippen MR) is 89.2 cm³/mol. The SMILES string of the molecule is O=C(NC[C@H](c1cccs1)N1CCOCC1)[C@@H]1CCS(=O)(=O)C1. The number of ether oxygens (including phenoxy) is 1. The lowest BCUT2D eigenvalue weighted by Crippen LogP contribution is -2.44. The van der Waals surface area contributed by atoms with E-state index in [1.54, 1.807) is 11.3 Å². The van der Waals surface area contributed by atoms with Crippen molar-refractivity contribution in [3.05, 3.63) is 22.4 Å². The van der Waals surface area contributed by atoms with Gasteiger partial charge in [0.25, 0.3) is 0 Å². The lowest BCUT2D eigenvalue weighted by Gasteiger charge is -2.34. The summed E-state index contributed by atoms with van der Waals surface area (Å²) >= 11 is 1.68. The minimum Gasteiger partial charge on any atom is -0.379 e. The third-order valence-corrected chi connectivity index (χ3v) is 7.17. The van der Waals surface area contributed by atoms with Crippen LogP contribution in [0.2, 0.25) is 0 Å². The van der Waals surface area contributed by atoms with Gasteiger partial charge in [-0.2, -0.15) is 0 Å². The summed E-state index contributed by atoms with van der Waals surface area (Å²) in [6.45, 7) is 3.61. The third-order valence-electron chi connectivity index (χ3n) is 4.43. The van der Waals surface area contributed by atoms with Gasteiger partial charge >= 0.3 is 0 Å². The molecule has 1 N–H and O–H groups in total. The fraction of sp³-hybridized carbons (Fsp3) is 0.667. The minimum absolute atomic E-state index is 0.0138. The van der Waals surface area contributed by atoms with Crippen molar-refractivity contribution in [1.82, 2.24) is 10.2 Å². The number of hydrogen-bond donors (Lipinski definition) is 1. The molecular formula is C15H22N2O4S2. The average Bonchev–Trinajstić information content (AvgIpc) is 3.18. The number of thiophene rings is 1. The van der Waals surface area contributed by atoms with Gasteiger partial charge < -0.3 is 10.1 Å². The molecule has 0 aliphatic carbocycles. The molecule has 6 nitrogen and oxygen atoms in total. The molecule has 1 aromatic rings. The summed E-state index contributed by atoms with van der Waals surface area (Å²) in [6, 6.07) is 4.22. The second-order valence-corrected chi connectivity index (χ2v) is 9.23. The second-order valence-electron chi connectivity index (χ2n) is 6.02. The zero-order chi connectivity index (χ0) is 16.3. The van der Waals surface area contributed by atoms with E-state index in [-0.39, 0.29) is 23.5 Å². The lowest BCUT2D eigenvalue weighted by molar-refractivity contribution is -0.124. The third kappa shape index (κ3) is 4.32. The Labute approximate surface area is 140 Å². The Kier molecular flexibility index (Phi) is 5.35. The lowest BCUT2D eigenvalue weighted by atomic mass is 10.1. The van der Waals surface area contributed by atoms with Crippen molar-refractivity contribution in [2.75, 3.05) is 44.4 Å². The van der Waals surface area contributed by atoms with Crippen LogP contribution in [0.3, 0.4) is 0 Å². The van der Waals surface area contributed by atoms with Crippen molar-refractivity contribution in [2.45, 2.75) is 12.5 Å². The maximum Gasteiger partial charge on any atom is 0.224 e. The predicted octanol–water partition coefficient (Wildman–Crippen LogP) is 0.672.